The minimum atomic E-state index is 0.00750. The van der Waals surface area contributed by atoms with Gasteiger partial charge in [0.1, 0.15) is 0 Å². The van der Waals surface area contributed by atoms with Gasteiger partial charge in [0.05, 0.1) is 5.69 Å². The highest BCUT2D eigenvalue weighted by molar-refractivity contribution is 5.49. The zero-order valence-electron chi connectivity index (χ0n) is 10.3. The molecule has 0 amide bonds. The smallest absolute Gasteiger partial charge is 0.272 e. The van der Waals surface area contributed by atoms with Gasteiger partial charge in [-0.3, -0.25) is 9.89 Å². The lowest BCUT2D eigenvalue weighted by Crippen LogP contribution is -2.16. The van der Waals surface area contributed by atoms with Crippen molar-refractivity contribution >= 4 is 5.65 Å². The van der Waals surface area contributed by atoms with E-state index in [0.717, 1.165) is 22.6 Å². The molecule has 0 atom stereocenters. The van der Waals surface area contributed by atoms with Gasteiger partial charge in [0.15, 0.2) is 5.65 Å². The number of rotatable bonds is 1. The average Bonchev–Trinajstić information content (AvgIpc) is 2.91. The Balaban J connectivity index is 2.21. The maximum atomic E-state index is 12.0. The Morgan fingerprint density at radius 1 is 1.35 bits per heavy atom. The fraction of sp³-hybridized carbons (Fsp3) is 0.538. The third kappa shape index (κ3) is 1.59. The Labute approximate surface area is 99.7 Å². The van der Waals surface area contributed by atoms with E-state index in [2.05, 4.69) is 10.1 Å². The van der Waals surface area contributed by atoms with Gasteiger partial charge in [0, 0.05) is 23.2 Å². The molecule has 90 valence electrons. The summed E-state index contributed by atoms with van der Waals surface area (Å²) >= 11 is 0. The Hall–Kier alpha value is -1.58. The molecule has 2 aromatic rings. The van der Waals surface area contributed by atoms with E-state index in [9.17, 15) is 4.79 Å². The molecule has 17 heavy (non-hydrogen) atoms. The van der Waals surface area contributed by atoms with Crippen LogP contribution in [0, 0.1) is 13.8 Å². The molecular weight excluding hydrogens is 214 g/mol. The molecule has 1 aliphatic rings. The first-order valence-electron chi connectivity index (χ1n) is 6.25. The van der Waals surface area contributed by atoms with E-state index >= 15 is 0 Å². The van der Waals surface area contributed by atoms with Gasteiger partial charge in [-0.1, -0.05) is 12.8 Å². The highest BCUT2D eigenvalue weighted by atomic mass is 16.1. The molecule has 0 aromatic carbocycles. The largest absolute Gasteiger partial charge is 0.294 e. The van der Waals surface area contributed by atoms with Gasteiger partial charge in [0.25, 0.3) is 5.56 Å². The second-order valence-electron chi connectivity index (χ2n) is 5.02. The quantitative estimate of drug-likeness (QED) is 0.818. The van der Waals surface area contributed by atoms with E-state index < -0.39 is 0 Å². The van der Waals surface area contributed by atoms with Crippen LogP contribution in [0.3, 0.4) is 0 Å². The van der Waals surface area contributed by atoms with E-state index in [1.165, 1.54) is 25.7 Å². The summed E-state index contributed by atoms with van der Waals surface area (Å²) in [4.78, 5) is 16.7. The van der Waals surface area contributed by atoms with Crippen molar-refractivity contribution < 1.29 is 0 Å². The molecule has 1 aliphatic carbocycles. The maximum absolute atomic E-state index is 12.0. The van der Waals surface area contributed by atoms with E-state index in [-0.39, 0.29) is 5.56 Å². The Morgan fingerprint density at radius 3 is 2.76 bits per heavy atom. The lowest BCUT2D eigenvalue weighted by molar-refractivity contribution is 0.690. The monoisotopic (exact) mass is 231 g/mol. The number of hydrogen-bond donors (Lipinski definition) is 1. The van der Waals surface area contributed by atoms with Crippen LogP contribution < -0.4 is 5.56 Å². The minimum absolute atomic E-state index is 0.00750. The highest BCUT2D eigenvalue weighted by Crippen LogP contribution is 2.32. The second kappa shape index (κ2) is 3.72. The molecule has 1 N–H and O–H groups in total. The summed E-state index contributed by atoms with van der Waals surface area (Å²) in [6, 6.07) is 1.69. The fourth-order valence-corrected chi connectivity index (χ4v) is 2.71. The first kappa shape index (κ1) is 10.6. The molecule has 4 heteroatoms. The summed E-state index contributed by atoms with van der Waals surface area (Å²) < 4.78 is 1.54. The summed E-state index contributed by atoms with van der Waals surface area (Å²) in [5.41, 5.74) is 3.86. The summed E-state index contributed by atoms with van der Waals surface area (Å²) in [5, 5.41) is 3.05. The summed E-state index contributed by atoms with van der Waals surface area (Å²) in [5.74, 6) is 0.488. The van der Waals surface area contributed by atoms with E-state index in [0.29, 0.717) is 5.92 Å². The van der Waals surface area contributed by atoms with Crippen molar-refractivity contribution in [3.63, 3.8) is 0 Å². The third-order valence-corrected chi connectivity index (χ3v) is 3.89. The van der Waals surface area contributed by atoms with Crippen LogP contribution in [-0.4, -0.2) is 14.6 Å². The van der Waals surface area contributed by atoms with E-state index in [1.807, 2.05) is 13.8 Å². The second-order valence-corrected chi connectivity index (χ2v) is 5.02. The molecule has 0 saturated heterocycles. The molecular formula is C13H17N3O. The van der Waals surface area contributed by atoms with Crippen molar-refractivity contribution in [2.24, 2.45) is 0 Å². The van der Waals surface area contributed by atoms with Gasteiger partial charge in [-0.15, -0.1) is 0 Å². The van der Waals surface area contributed by atoms with Crippen molar-refractivity contribution in [3.8, 4) is 0 Å². The summed E-state index contributed by atoms with van der Waals surface area (Å²) in [7, 11) is 0. The first-order chi connectivity index (χ1) is 8.16. The topological polar surface area (TPSA) is 50.2 Å². The van der Waals surface area contributed by atoms with Crippen molar-refractivity contribution in [3.05, 3.63) is 33.4 Å². The Kier molecular flexibility index (Phi) is 2.31. The number of hydrogen-bond acceptors (Lipinski definition) is 2. The zero-order valence-corrected chi connectivity index (χ0v) is 10.3. The molecule has 0 radical (unpaired) electrons. The van der Waals surface area contributed by atoms with Crippen LogP contribution >= 0.6 is 0 Å². The normalized spacial score (nSPS) is 17.1. The molecule has 2 heterocycles. The highest BCUT2D eigenvalue weighted by Gasteiger charge is 2.20. The lowest BCUT2D eigenvalue weighted by Gasteiger charge is -2.07. The van der Waals surface area contributed by atoms with Gasteiger partial charge in [0.2, 0.25) is 0 Å². The maximum Gasteiger partial charge on any atom is 0.272 e. The number of H-pyrrole nitrogens is 1. The fourth-order valence-electron chi connectivity index (χ4n) is 2.71. The van der Waals surface area contributed by atoms with Gasteiger partial charge >= 0.3 is 0 Å². The Bertz CT molecular complexity index is 617. The number of aromatic nitrogens is 3. The lowest BCUT2D eigenvalue weighted by atomic mass is 10.0. The molecule has 0 bridgehead atoms. The van der Waals surface area contributed by atoms with Crippen LogP contribution in [0.4, 0.5) is 0 Å². The first-order valence-corrected chi connectivity index (χ1v) is 6.25. The summed E-state index contributed by atoms with van der Waals surface area (Å²) in [6.45, 7) is 3.98. The Morgan fingerprint density at radius 2 is 2.06 bits per heavy atom. The van der Waals surface area contributed by atoms with Crippen LogP contribution in [0.5, 0.6) is 0 Å². The molecule has 0 aliphatic heterocycles. The van der Waals surface area contributed by atoms with Gasteiger partial charge in [-0.25, -0.2) is 9.50 Å². The van der Waals surface area contributed by atoms with Crippen LogP contribution in [0.25, 0.3) is 5.65 Å². The van der Waals surface area contributed by atoms with Crippen molar-refractivity contribution in [2.45, 2.75) is 45.4 Å². The zero-order chi connectivity index (χ0) is 12.0. The predicted molar refractivity (Wildman–Crippen MR) is 66.5 cm³/mol. The molecule has 4 nitrogen and oxygen atoms in total. The van der Waals surface area contributed by atoms with Crippen LogP contribution in [0.2, 0.25) is 0 Å². The van der Waals surface area contributed by atoms with Gasteiger partial charge in [-0.05, 0) is 26.7 Å². The van der Waals surface area contributed by atoms with Crippen molar-refractivity contribution in [1.29, 1.82) is 0 Å². The van der Waals surface area contributed by atoms with Crippen LogP contribution in [-0.2, 0) is 0 Å². The SMILES string of the molecule is Cc1[nH]n2c(=O)cc(C3CCCC3)nc2c1C. The predicted octanol–water partition coefficient (Wildman–Crippen LogP) is 2.30. The van der Waals surface area contributed by atoms with Crippen molar-refractivity contribution in [1.82, 2.24) is 14.6 Å². The van der Waals surface area contributed by atoms with Crippen LogP contribution in [0.15, 0.2) is 10.9 Å². The van der Waals surface area contributed by atoms with Crippen LogP contribution in [0.1, 0.15) is 48.6 Å². The van der Waals surface area contributed by atoms with E-state index in [1.54, 1.807) is 10.6 Å². The van der Waals surface area contributed by atoms with Crippen molar-refractivity contribution in [2.75, 3.05) is 0 Å². The number of aromatic amines is 1. The molecule has 0 spiro atoms. The van der Waals surface area contributed by atoms with Gasteiger partial charge < -0.3 is 0 Å². The molecule has 3 rings (SSSR count). The van der Waals surface area contributed by atoms with E-state index in [4.69, 9.17) is 0 Å². The molecule has 0 unspecified atom stereocenters. The number of fused-ring (bicyclic) bond motifs is 1. The average molecular weight is 231 g/mol. The number of nitrogens with zero attached hydrogens (tertiary/aromatic N) is 2. The number of nitrogens with one attached hydrogen (secondary N) is 1. The minimum Gasteiger partial charge on any atom is -0.294 e. The third-order valence-electron chi connectivity index (χ3n) is 3.89. The summed E-state index contributed by atoms with van der Waals surface area (Å²) in [6.07, 6.45) is 4.86. The van der Waals surface area contributed by atoms with Gasteiger partial charge in [-0.2, -0.15) is 0 Å². The molecule has 2 aromatic heterocycles. The molecule has 1 fully saturated rings. The standard InChI is InChI=1S/C13H17N3O/c1-8-9(2)15-16-12(17)7-11(14-13(8)16)10-5-3-4-6-10/h7,10,15H,3-6H2,1-2H3. The molecule has 1 saturated carbocycles. The number of aryl methyl sites for hydroxylation is 2.